The topological polar surface area (TPSA) is 41.1 Å². The Morgan fingerprint density at radius 3 is 2.20 bits per heavy atom. The smallest absolute Gasteiger partial charge is 0.217 e. The van der Waals surface area contributed by atoms with Crippen LogP contribution in [0.25, 0.3) is 0 Å². The van der Waals surface area contributed by atoms with Gasteiger partial charge in [0.15, 0.2) is 0 Å². The molecule has 0 saturated carbocycles. The third kappa shape index (κ3) is 7.43. The van der Waals surface area contributed by atoms with E-state index in [-0.39, 0.29) is 11.4 Å². The summed E-state index contributed by atoms with van der Waals surface area (Å²) in [6.45, 7) is 8.20. The molecule has 0 fully saturated rings. The van der Waals surface area contributed by atoms with Gasteiger partial charge in [0.2, 0.25) is 5.91 Å². The first-order valence-corrected chi connectivity index (χ1v) is 3.41. The second kappa shape index (κ2) is 3.56. The molecule has 0 radical (unpaired) electrons. The maximum absolute atomic E-state index is 10.4. The van der Waals surface area contributed by atoms with E-state index in [1.165, 1.54) is 6.92 Å². The van der Waals surface area contributed by atoms with E-state index in [1.54, 1.807) is 0 Å². The monoisotopic (exact) mass is 144 g/mol. The molecule has 0 aliphatic heterocycles. The van der Waals surface area contributed by atoms with Crippen molar-refractivity contribution in [1.82, 2.24) is 10.6 Å². The van der Waals surface area contributed by atoms with E-state index in [0.29, 0.717) is 6.67 Å². The van der Waals surface area contributed by atoms with Gasteiger partial charge < -0.3 is 5.32 Å². The van der Waals surface area contributed by atoms with Crippen molar-refractivity contribution in [2.24, 2.45) is 0 Å². The first kappa shape index (κ1) is 9.43. The zero-order valence-corrected chi connectivity index (χ0v) is 7.12. The number of rotatable bonds is 2. The van der Waals surface area contributed by atoms with Crippen molar-refractivity contribution in [3.05, 3.63) is 0 Å². The largest absolute Gasteiger partial charge is 0.344 e. The molecular formula is C7H16N2O. The lowest BCUT2D eigenvalue weighted by Gasteiger charge is -2.20. The van der Waals surface area contributed by atoms with Crippen molar-refractivity contribution in [2.45, 2.75) is 33.2 Å². The summed E-state index contributed by atoms with van der Waals surface area (Å²) in [7, 11) is 0. The average molecular weight is 144 g/mol. The van der Waals surface area contributed by atoms with Crippen LogP contribution in [-0.2, 0) is 4.79 Å². The highest BCUT2D eigenvalue weighted by molar-refractivity contribution is 5.72. The third-order valence-electron chi connectivity index (χ3n) is 0.956. The molecule has 3 nitrogen and oxygen atoms in total. The number of hydrogen-bond donors (Lipinski definition) is 2. The summed E-state index contributed by atoms with van der Waals surface area (Å²) in [5.74, 6) is -0.00301. The normalized spacial score (nSPS) is 11.2. The average Bonchev–Trinajstić information content (AvgIpc) is 1.59. The minimum Gasteiger partial charge on any atom is -0.344 e. The molecule has 1 amide bonds. The standard InChI is InChI=1S/C7H16N2O/c1-6(10)8-5-9-7(2,3)4/h9H,5H2,1-4H3,(H,8,10). The van der Waals surface area contributed by atoms with Crippen molar-refractivity contribution in [2.75, 3.05) is 6.67 Å². The molecular weight excluding hydrogens is 128 g/mol. The molecule has 0 aliphatic carbocycles. The Morgan fingerprint density at radius 1 is 1.40 bits per heavy atom. The van der Waals surface area contributed by atoms with E-state index in [1.807, 2.05) is 0 Å². The van der Waals surface area contributed by atoms with Gasteiger partial charge in [0.1, 0.15) is 0 Å². The van der Waals surface area contributed by atoms with E-state index in [0.717, 1.165) is 0 Å². The second-order valence-electron chi connectivity index (χ2n) is 3.34. The first-order valence-electron chi connectivity index (χ1n) is 3.41. The first-order chi connectivity index (χ1) is 4.42. The zero-order chi connectivity index (χ0) is 8.20. The van der Waals surface area contributed by atoms with E-state index >= 15 is 0 Å². The molecule has 0 atom stereocenters. The summed E-state index contributed by atoms with van der Waals surface area (Å²) in [4.78, 5) is 10.4. The molecule has 2 N–H and O–H groups in total. The summed E-state index contributed by atoms with van der Waals surface area (Å²) in [5, 5.41) is 5.77. The van der Waals surface area contributed by atoms with Gasteiger partial charge in [-0.05, 0) is 20.8 Å². The quantitative estimate of drug-likeness (QED) is 0.553. The lowest BCUT2D eigenvalue weighted by atomic mass is 10.1. The zero-order valence-electron chi connectivity index (χ0n) is 7.12. The predicted molar refractivity (Wildman–Crippen MR) is 41.6 cm³/mol. The molecule has 0 heterocycles. The Bertz CT molecular complexity index is 115. The summed E-state index contributed by atoms with van der Waals surface area (Å²) >= 11 is 0. The lowest BCUT2D eigenvalue weighted by Crippen LogP contribution is -2.43. The van der Waals surface area contributed by atoms with E-state index in [2.05, 4.69) is 31.4 Å². The fourth-order valence-electron chi connectivity index (χ4n) is 0.434. The molecule has 0 aromatic carbocycles. The highest BCUT2D eigenvalue weighted by atomic mass is 16.1. The van der Waals surface area contributed by atoms with Crippen LogP contribution in [0.5, 0.6) is 0 Å². The van der Waals surface area contributed by atoms with E-state index < -0.39 is 0 Å². The molecule has 0 spiro atoms. The molecule has 0 aliphatic rings. The van der Waals surface area contributed by atoms with Crippen LogP contribution >= 0.6 is 0 Å². The van der Waals surface area contributed by atoms with E-state index in [4.69, 9.17) is 0 Å². The fraction of sp³-hybridized carbons (Fsp3) is 0.857. The molecule has 3 heteroatoms. The maximum Gasteiger partial charge on any atom is 0.217 e. The SMILES string of the molecule is CC(=O)NCNC(C)(C)C. The van der Waals surface area contributed by atoms with Crippen LogP contribution in [0.1, 0.15) is 27.7 Å². The minimum atomic E-state index is -0.00301. The summed E-state index contributed by atoms with van der Waals surface area (Å²) in [6.07, 6.45) is 0. The number of nitrogens with one attached hydrogen (secondary N) is 2. The van der Waals surface area contributed by atoms with Crippen molar-refractivity contribution >= 4 is 5.91 Å². The van der Waals surface area contributed by atoms with Crippen molar-refractivity contribution in [1.29, 1.82) is 0 Å². The summed E-state index contributed by atoms with van der Waals surface area (Å²) in [6, 6.07) is 0. The molecule has 0 aromatic heterocycles. The van der Waals surface area contributed by atoms with E-state index in [9.17, 15) is 4.79 Å². The van der Waals surface area contributed by atoms with Gasteiger partial charge in [0.25, 0.3) is 0 Å². The Morgan fingerprint density at radius 2 is 1.90 bits per heavy atom. The number of carbonyl (C=O) groups is 1. The fourth-order valence-corrected chi connectivity index (χ4v) is 0.434. The Kier molecular flexibility index (Phi) is 3.36. The Balaban J connectivity index is 3.29. The summed E-state index contributed by atoms with van der Waals surface area (Å²) in [5.41, 5.74) is 0.0719. The highest BCUT2D eigenvalue weighted by Crippen LogP contribution is 1.95. The number of hydrogen-bond acceptors (Lipinski definition) is 2. The van der Waals surface area contributed by atoms with Crippen molar-refractivity contribution < 1.29 is 4.79 Å². The van der Waals surface area contributed by atoms with Crippen LogP contribution in [0.15, 0.2) is 0 Å². The Labute approximate surface area is 62.2 Å². The molecule has 0 aromatic rings. The second-order valence-corrected chi connectivity index (χ2v) is 3.34. The number of carbonyl (C=O) groups excluding carboxylic acids is 1. The molecule has 10 heavy (non-hydrogen) atoms. The van der Waals surface area contributed by atoms with Crippen LogP contribution < -0.4 is 10.6 Å². The number of amides is 1. The highest BCUT2D eigenvalue weighted by Gasteiger charge is 2.06. The molecule has 0 bridgehead atoms. The van der Waals surface area contributed by atoms with Gasteiger partial charge in [-0.2, -0.15) is 0 Å². The third-order valence-corrected chi connectivity index (χ3v) is 0.956. The molecule has 0 rings (SSSR count). The van der Waals surface area contributed by atoms with Crippen LogP contribution in [0.4, 0.5) is 0 Å². The molecule has 60 valence electrons. The van der Waals surface area contributed by atoms with Gasteiger partial charge in [0.05, 0.1) is 6.67 Å². The summed E-state index contributed by atoms with van der Waals surface area (Å²) < 4.78 is 0. The van der Waals surface area contributed by atoms with Crippen LogP contribution in [0, 0.1) is 0 Å². The lowest BCUT2D eigenvalue weighted by molar-refractivity contribution is -0.119. The van der Waals surface area contributed by atoms with Crippen LogP contribution in [-0.4, -0.2) is 18.1 Å². The van der Waals surface area contributed by atoms with Gasteiger partial charge in [0, 0.05) is 12.5 Å². The minimum absolute atomic E-state index is 0.00301. The van der Waals surface area contributed by atoms with Crippen LogP contribution in [0.3, 0.4) is 0 Å². The molecule has 0 saturated heterocycles. The predicted octanol–water partition coefficient (Wildman–Crippen LogP) is 0.468. The van der Waals surface area contributed by atoms with Gasteiger partial charge in [-0.15, -0.1) is 0 Å². The van der Waals surface area contributed by atoms with Crippen molar-refractivity contribution in [3.63, 3.8) is 0 Å². The van der Waals surface area contributed by atoms with Gasteiger partial charge in [-0.3, -0.25) is 10.1 Å². The van der Waals surface area contributed by atoms with Crippen LogP contribution in [0.2, 0.25) is 0 Å². The Hall–Kier alpha value is -0.570. The molecule has 0 unspecified atom stereocenters. The van der Waals surface area contributed by atoms with Gasteiger partial charge >= 0.3 is 0 Å². The van der Waals surface area contributed by atoms with Crippen molar-refractivity contribution in [3.8, 4) is 0 Å². The maximum atomic E-state index is 10.4. The van der Waals surface area contributed by atoms with Gasteiger partial charge in [-0.1, -0.05) is 0 Å². The van der Waals surface area contributed by atoms with Gasteiger partial charge in [-0.25, -0.2) is 0 Å².